The Hall–Kier alpha value is -2.37. The van der Waals surface area contributed by atoms with E-state index in [1.807, 2.05) is 42.5 Å². The van der Waals surface area contributed by atoms with Crippen LogP contribution in [0.1, 0.15) is 10.8 Å². The first kappa shape index (κ1) is 16.5. The van der Waals surface area contributed by atoms with Gasteiger partial charge in [0, 0.05) is 0 Å². The maximum atomic E-state index is 13.1. The van der Waals surface area contributed by atoms with Crippen LogP contribution in [-0.2, 0) is 9.84 Å². The van der Waals surface area contributed by atoms with E-state index in [2.05, 4.69) is 5.73 Å². The van der Waals surface area contributed by atoms with Crippen molar-refractivity contribution >= 4 is 20.6 Å². The van der Waals surface area contributed by atoms with Gasteiger partial charge in [-0.1, -0.05) is 42.5 Å². The monoisotopic (exact) mass is 342 g/mol. The van der Waals surface area contributed by atoms with E-state index in [1.165, 1.54) is 0 Å². The van der Waals surface area contributed by atoms with E-state index < -0.39 is 15.1 Å². The zero-order valence-electron chi connectivity index (χ0n) is 13.5. The van der Waals surface area contributed by atoms with E-state index in [0.29, 0.717) is 5.75 Å². The van der Waals surface area contributed by atoms with Crippen LogP contribution in [0.2, 0.25) is 0 Å². The van der Waals surface area contributed by atoms with Gasteiger partial charge in [-0.25, -0.2) is 8.42 Å². The Morgan fingerprint density at radius 1 is 0.958 bits per heavy atom. The molecule has 0 fully saturated rings. The van der Waals surface area contributed by atoms with Crippen LogP contribution < -0.4 is 10.5 Å². The Morgan fingerprint density at radius 3 is 2.29 bits per heavy atom. The zero-order valence-corrected chi connectivity index (χ0v) is 14.3. The maximum absolute atomic E-state index is 13.1. The van der Waals surface area contributed by atoms with Gasteiger partial charge in [-0.2, -0.15) is 0 Å². The Bertz CT molecular complexity index is 945. The summed E-state index contributed by atoms with van der Waals surface area (Å²) >= 11 is 0. The Morgan fingerprint density at radius 2 is 1.62 bits per heavy atom. The standard InChI is InChI=1S/C19H19NO3S/c1-23-15-9-11-16(12-10-15)24(21,22)19(13-20)18-8-4-6-14-5-2-3-7-17(14)18/h2-12,19H,13,20H2,1H3/p+1/t19-/m1/s1. The van der Waals surface area contributed by atoms with Crippen LogP contribution in [0, 0.1) is 0 Å². The minimum atomic E-state index is -3.54. The first-order chi connectivity index (χ1) is 11.6. The highest BCUT2D eigenvalue weighted by Crippen LogP contribution is 2.33. The summed E-state index contributed by atoms with van der Waals surface area (Å²) in [5, 5.41) is 1.29. The van der Waals surface area contributed by atoms with Crippen LogP contribution in [0.4, 0.5) is 0 Å². The van der Waals surface area contributed by atoms with Gasteiger partial charge in [0.25, 0.3) is 0 Å². The van der Waals surface area contributed by atoms with Crippen molar-refractivity contribution in [3.05, 3.63) is 72.3 Å². The highest BCUT2D eigenvalue weighted by molar-refractivity contribution is 7.91. The first-order valence-electron chi connectivity index (χ1n) is 7.73. The molecule has 124 valence electrons. The number of hydrogen-bond donors (Lipinski definition) is 1. The Kier molecular flexibility index (Phi) is 4.55. The zero-order chi connectivity index (χ0) is 17.2. The lowest BCUT2D eigenvalue weighted by Gasteiger charge is -2.17. The molecule has 3 aromatic carbocycles. The number of sulfone groups is 1. The number of fused-ring (bicyclic) bond motifs is 1. The van der Waals surface area contributed by atoms with E-state index in [0.717, 1.165) is 16.3 Å². The summed E-state index contributed by atoms with van der Waals surface area (Å²) in [5.74, 6) is 0.630. The minimum Gasteiger partial charge on any atom is -0.497 e. The third-order valence-electron chi connectivity index (χ3n) is 4.19. The number of hydrogen-bond acceptors (Lipinski definition) is 3. The van der Waals surface area contributed by atoms with Crippen LogP contribution in [0.25, 0.3) is 10.8 Å². The van der Waals surface area contributed by atoms with E-state index in [4.69, 9.17) is 4.74 Å². The highest BCUT2D eigenvalue weighted by atomic mass is 32.2. The van der Waals surface area contributed by atoms with E-state index in [-0.39, 0.29) is 11.4 Å². The molecule has 0 aliphatic carbocycles. The topological polar surface area (TPSA) is 71.0 Å². The van der Waals surface area contributed by atoms with Gasteiger partial charge < -0.3 is 10.5 Å². The van der Waals surface area contributed by atoms with Gasteiger partial charge in [0.2, 0.25) is 0 Å². The number of methoxy groups -OCH3 is 1. The molecule has 4 nitrogen and oxygen atoms in total. The molecule has 0 unspecified atom stereocenters. The fourth-order valence-electron chi connectivity index (χ4n) is 2.94. The van der Waals surface area contributed by atoms with Crippen LogP contribution in [-0.4, -0.2) is 22.1 Å². The second kappa shape index (κ2) is 6.63. The molecule has 5 heteroatoms. The lowest BCUT2D eigenvalue weighted by atomic mass is 10.0. The molecule has 0 radical (unpaired) electrons. The molecule has 0 bridgehead atoms. The molecule has 1 atom stereocenters. The summed E-state index contributed by atoms with van der Waals surface area (Å²) in [6.07, 6.45) is 0. The highest BCUT2D eigenvalue weighted by Gasteiger charge is 2.30. The molecule has 3 N–H and O–H groups in total. The summed E-state index contributed by atoms with van der Waals surface area (Å²) < 4.78 is 31.4. The normalized spacial score (nSPS) is 12.9. The summed E-state index contributed by atoms with van der Waals surface area (Å²) in [6, 6.07) is 20.1. The van der Waals surface area contributed by atoms with Crippen molar-refractivity contribution in [1.82, 2.24) is 0 Å². The quantitative estimate of drug-likeness (QED) is 0.775. The Balaban J connectivity index is 2.12. The molecule has 3 aromatic rings. The smallest absolute Gasteiger partial charge is 0.190 e. The van der Waals surface area contributed by atoms with Crippen molar-refractivity contribution < 1.29 is 18.9 Å². The molecule has 0 aliphatic heterocycles. The van der Waals surface area contributed by atoms with Gasteiger partial charge in [-0.3, -0.25) is 0 Å². The number of benzene rings is 3. The van der Waals surface area contributed by atoms with Gasteiger partial charge in [0.1, 0.15) is 11.0 Å². The third kappa shape index (κ3) is 2.88. The summed E-state index contributed by atoms with van der Waals surface area (Å²) in [6.45, 7) is 0.266. The van der Waals surface area contributed by atoms with Gasteiger partial charge in [0.15, 0.2) is 9.84 Å². The van der Waals surface area contributed by atoms with Crippen LogP contribution in [0.3, 0.4) is 0 Å². The molecular weight excluding hydrogens is 322 g/mol. The SMILES string of the molecule is COc1ccc(S(=O)(=O)[C@H](C[NH3+])c2cccc3ccccc23)cc1. The summed E-state index contributed by atoms with van der Waals surface area (Å²) in [7, 11) is -1.98. The lowest BCUT2D eigenvalue weighted by molar-refractivity contribution is -0.367. The lowest BCUT2D eigenvalue weighted by Crippen LogP contribution is -2.54. The van der Waals surface area contributed by atoms with Crippen molar-refractivity contribution in [3.8, 4) is 5.75 Å². The fraction of sp³-hybridized carbons (Fsp3) is 0.158. The molecule has 0 saturated carbocycles. The average Bonchev–Trinajstić information content (AvgIpc) is 2.62. The molecular formula is C19H20NO3S+. The second-order valence-electron chi connectivity index (χ2n) is 5.57. The van der Waals surface area contributed by atoms with E-state index in [1.54, 1.807) is 31.4 Å². The Labute approximate surface area is 141 Å². The predicted octanol–water partition coefficient (Wildman–Crippen LogP) is 2.61. The number of rotatable bonds is 5. The summed E-state index contributed by atoms with van der Waals surface area (Å²) in [5.41, 5.74) is 4.68. The number of ether oxygens (including phenoxy) is 1. The molecule has 0 saturated heterocycles. The van der Waals surface area contributed by atoms with Crippen LogP contribution >= 0.6 is 0 Å². The predicted molar refractivity (Wildman–Crippen MR) is 94.6 cm³/mol. The van der Waals surface area contributed by atoms with Crippen molar-refractivity contribution in [3.63, 3.8) is 0 Å². The van der Waals surface area contributed by atoms with Crippen molar-refractivity contribution in [1.29, 1.82) is 0 Å². The first-order valence-corrected chi connectivity index (χ1v) is 9.27. The molecule has 3 rings (SSSR count). The maximum Gasteiger partial charge on any atom is 0.190 e. The van der Waals surface area contributed by atoms with Crippen molar-refractivity contribution in [2.75, 3.05) is 13.7 Å². The average molecular weight is 342 g/mol. The van der Waals surface area contributed by atoms with Crippen molar-refractivity contribution in [2.45, 2.75) is 10.1 Å². The fourth-order valence-corrected chi connectivity index (χ4v) is 4.63. The van der Waals surface area contributed by atoms with Gasteiger partial charge in [-0.15, -0.1) is 0 Å². The van der Waals surface area contributed by atoms with Crippen LogP contribution in [0.15, 0.2) is 71.6 Å². The van der Waals surface area contributed by atoms with Gasteiger partial charge >= 0.3 is 0 Å². The summed E-state index contributed by atoms with van der Waals surface area (Å²) in [4.78, 5) is 0.282. The molecule has 0 amide bonds. The second-order valence-corrected chi connectivity index (χ2v) is 7.70. The van der Waals surface area contributed by atoms with E-state index >= 15 is 0 Å². The minimum absolute atomic E-state index is 0.266. The van der Waals surface area contributed by atoms with Gasteiger partial charge in [-0.05, 0) is 40.6 Å². The molecule has 0 spiro atoms. The molecule has 24 heavy (non-hydrogen) atoms. The third-order valence-corrected chi connectivity index (χ3v) is 6.36. The molecule has 0 heterocycles. The largest absolute Gasteiger partial charge is 0.497 e. The number of quaternary nitrogens is 1. The van der Waals surface area contributed by atoms with Gasteiger partial charge in [0.05, 0.1) is 18.6 Å². The van der Waals surface area contributed by atoms with E-state index in [9.17, 15) is 8.42 Å². The van der Waals surface area contributed by atoms with Crippen molar-refractivity contribution in [2.24, 2.45) is 0 Å². The molecule has 0 aliphatic rings. The molecule has 0 aromatic heterocycles. The van der Waals surface area contributed by atoms with Crippen LogP contribution in [0.5, 0.6) is 5.75 Å².